The van der Waals surface area contributed by atoms with E-state index in [2.05, 4.69) is 10.6 Å². The molecule has 80 valence electrons. The molecule has 0 radical (unpaired) electrons. The van der Waals surface area contributed by atoms with Gasteiger partial charge in [0, 0.05) is 6.54 Å². The molecule has 1 heterocycles. The highest BCUT2D eigenvalue weighted by Gasteiger charge is 2.26. The van der Waals surface area contributed by atoms with E-state index in [0.717, 1.165) is 12.8 Å². The van der Waals surface area contributed by atoms with E-state index in [1.165, 1.54) is 0 Å². The fraction of sp³-hybridized carbons (Fsp3) is 0.800. The first kappa shape index (κ1) is 11.2. The maximum absolute atomic E-state index is 10.6. The zero-order valence-electron chi connectivity index (χ0n) is 8.71. The predicted octanol–water partition coefficient (Wildman–Crippen LogP) is -0.187. The monoisotopic (exact) mass is 198 g/mol. The second-order valence-electron chi connectivity index (χ2n) is 3.75. The van der Waals surface area contributed by atoms with Crippen LogP contribution >= 0.6 is 0 Å². The summed E-state index contributed by atoms with van der Waals surface area (Å²) in [5.41, 5.74) is 0.511. The smallest absolute Gasteiger partial charge is 0.147 e. The largest absolute Gasteiger partial charge is 0.391 e. The molecule has 0 saturated carbocycles. The maximum Gasteiger partial charge on any atom is 0.147 e. The van der Waals surface area contributed by atoms with E-state index in [0.29, 0.717) is 12.2 Å². The van der Waals surface area contributed by atoms with Crippen molar-refractivity contribution in [2.24, 2.45) is 0 Å². The van der Waals surface area contributed by atoms with E-state index in [1.807, 2.05) is 19.8 Å². The quantitative estimate of drug-likeness (QED) is 0.550. The summed E-state index contributed by atoms with van der Waals surface area (Å²) < 4.78 is 0. The molecule has 0 aromatic heterocycles. The van der Waals surface area contributed by atoms with Gasteiger partial charge in [-0.1, -0.05) is 13.3 Å². The summed E-state index contributed by atoms with van der Waals surface area (Å²) in [6, 6.07) is -0.0554. The second kappa shape index (κ2) is 5.15. The van der Waals surface area contributed by atoms with Gasteiger partial charge < -0.3 is 15.7 Å². The first-order valence-corrected chi connectivity index (χ1v) is 5.12. The molecule has 3 atom stereocenters. The first-order valence-electron chi connectivity index (χ1n) is 5.12. The van der Waals surface area contributed by atoms with E-state index in [-0.39, 0.29) is 12.1 Å². The molecule has 4 heteroatoms. The summed E-state index contributed by atoms with van der Waals surface area (Å²) in [7, 11) is 0. The summed E-state index contributed by atoms with van der Waals surface area (Å²) in [4.78, 5) is 10.6. The Kier molecular flexibility index (Phi) is 4.14. The molecule has 0 spiro atoms. The number of hydrogen-bond acceptors (Lipinski definition) is 4. The Morgan fingerprint density at radius 2 is 2.43 bits per heavy atom. The van der Waals surface area contributed by atoms with Gasteiger partial charge in [-0.3, -0.25) is 0 Å². The summed E-state index contributed by atoms with van der Waals surface area (Å²) >= 11 is 0. The summed E-state index contributed by atoms with van der Waals surface area (Å²) in [5.74, 6) is 1.86. The van der Waals surface area contributed by atoms with Crippen LogP contribution in [0.4, 0.5) is 0 Å². The van der Waals surface area contributed by atoms with Gasteiger partial charge in [0.15, 0.2) is 0 Å². The molecule has 1 rings (SSSR count). The lowest BCUT2D eigenvalue weighted by Crippen LogP contribution is -2.56. The molecule has 3 N–H and O–H groups in total. The Hall–Kier alpha value is -0.830. The van der Waals surface area contributed by atoms with Gasteiger partial charge in [-0.25, -0.2) is 4.79 Å². The van der Waals surface area contributed by atoms with Crippen molar-refractivity contribution >= 4 is 5.94 Å². The number of rotatable bonds is 3. The minimum Gasteiger partial charge on any atom is -0.391 e. The van der Waals surface area contributed by atoms with Crippen molar-refractivity contribution < 1.29 is 9.90 Å². The SMILES string of the molecule is CCCC(O)C1CNC(C)C(=C=O)N1. The van der Waals surface area contributed by atoms with Crippen LogP contribution in [0.25, 0.3) is 0 Å². The highest BCUT2D eigenvalue weighted by molar-refractivity contribution is 5.54. The second-order valence-corrected chi connectivity index (χ2v) is 3.75. The summed E-state index contributed by atoms with van der Waals surface area (Å²) in [6.07, 6.45) is 1.29. The molecule has 1 fully saturated rings. The van der Waals surface area contributed by atoms with Crippen LogP contribution in [0.15, 0.2) is 5.70 Å². The van der Waals surface area contributed by atoms with Crippen molar-refractivity contribution in [2.45, 2.75) is 44.9 Å². The Morgan fingerprint density at radius 1 is 1.71 bits per heavy atom. The third kappa shape index (κ3) is 2.58. The molecule has 1 aliphatic rings. The van der Waals surface area contributed by atoms with E-state index < -0.39 is 6.10 Å². The number of piperazine rings is 1. The average Bonchev–Trinajstić information content (AvgIpc) is 2.19. The molecule has 1 saturated heterocycles. The molecule has 0 amide bonds. The zero-order valence-corrected chi connectivity index (χ0v) is 8.71. The number of hydrogen-bond donors (Lipinski definition) is 3. The van der Waals surface area contributed by atoms with Gasteiger partial charge >= 0.3 is 0 Å². The van der Waals surface area contributed by atoms with Gasteiger partial charge in [0.05, 0.1) is 18.2 Å². The van der Waals surface area contributed by atoms with Crippen molar-refractivity contribution in [1.82, 2.24) is 10.6 Å². The molecule has 4 nitrogen and oxygen atoms in total. The van der Waals surface area contributed by atoms with Crippen LogP contribution in [0.1, 0.15) is 26.7 Å². The predicted molar refractivity (Wildman–Crippen MR) is 54.5 cm³/mol. The van der Waals surface area contributed by atoms with Crippen LogP contribution in [0.3, 0.4) is 0 Å². The minimum absolute atomic E-state index is 0.0116. The molecule has 3 unspecified atom stereocenters. The van der Waals surface area contributed by atoms with Gasteiger partial charge in [-0.2, -0.15) is 0 Å². The van der Waals surface area contributed by atoms with Crippen LogP contribution in [0, 0.1) is 0 Å². The Morgan fingerprint density at radius 3 is 3.00 bits per heavy atom. The lowest BCUT2D eigenvalue weighted by Gasteiger charge is -2.33. The Labute approximate surface area is 84.4 Å². The van der Waals surface area contributed by atoms with Crippen LogP contribution in [0.2, 0.25) is 0 Å². The van der Waals surface area contributed by atoms with E-state index in [1.54, 1.807) is 0 Å². The fourth-order valence-corrected chi connectivity index (χ4v) is 1.63. The van der Waals surface area contributed by atoms with Crippen molar-refractivity contribution in [3.8, 4) is 0 Å². The lowest BCUT2D eigenvalue weighted by molar-refractivity contribution is 0.112. The van der Waals surface area contributed by atoms with Gasteiger partial charge in [0.25, 0.3) is 0 Å². The number of aliphatic hydroxyl groups excluding tert-OH is 1. The number of nitrogens with one attached hydrogen (secondary N) is 2. The summed E-state index contributed by atoms with van der Waals surface area (Å²) in [6.45, 7) is 4.61. The zero-order chi connectivity index (χ0) is 10.6. The van der Waals surface area contributed by atoms with Crippen molar-refractivity contribution in [2.75, 3.05) is 6.54 Å². The standard InChI is InChI=1S/C10H18N2O2/c1-3-4-10(14)8-5-11-7(2)9(6-13)12-8/h7-8,10-12,14H,3-5H2,1-2H3. The Balaban J connectivity index is 2.54. The molecular weight excluding hydrogens is 180 g/mol. The molecule has 14 heavy (non-hydrogen) atoms. The van der Waals surface area contributed by atoms with Gasteiger partial charge in [-0.05, 0) is 13.3 Å². The lowest BCUT2D eigenvalue weighted by atomic mass is 10.0. The normalized spacial score (nSPS) is 29.2. The summed E-state index contributed by atoms with van der Waals surface area (Å²) in [5, 5.41) is 15.9. The van der Waals surface area contributed by atoms with Gasteiger partial charge in [-0.15, -0.1) is 0 Å². The average molecular weight is 198 g/mol. The highest BCUT2D eigenvalue weighted by Crippen LogP contribution is 2.09. The van der Waals surface area contributed by atoms with Crippen molar-refractivity contribution in [3.05, 3.63) is 5.70 Å². The van der Waals surface area contributed by atoms with Crippen LogP contribution < -0.4 is 10.6 Å². The van der Waals surface area contributed by atoms with Crippen LogP contribution in [-0.2, 0) is 4.79 Å². The number of aliphatic hydroxyl groups is 1. The molecule has 0 aromatic carbocycles. The minimum atomic E-state index is -0.400. The molecule has 1 aliphatic heterocycles. The van der Waals surface area contributed by atoms with Crippen molar-refractivity contribution in [1.29, 1.82) is 0 Å². The third-order valence-electron chi connectivity index (χ3n) is 2.58. The topological polar surface area (TPSA) is 61.4 Å². The van der Waals surface area contributed by atoms with Gasteiger partial charge in [0.1, 0.15) is 11.6 Å². The van der Waals surface area contributed by atoms with Crippen LogP contribution in [0.5, 0.6) is 0 Å². The van der Waals surface area contributed by atoms with E-state index >= 15 is 0 Å². The molecule has 0 aromatic rings. The Bertz CT molecular complexity index is 236. The van der Waals surface area contributed by atoms with Gasteiger partial charge in [0.2, 0.25) is 0 Å². The third-order valence-corrected chi connectivity index (χ3v) is 2.58. The highest BCUT2D eigenvalue weighted by atomic mass is 16.3. The maximum atomic E-state index is 10.6. The fourth-order valence-electron chi connectivity index (χ4n) is 1.63. The molecule has 0 aliphatic carbocycles. The van der Waals surface area contributed by atoms with E-state index in [9.17, 15) is 9.90 Å². The molecular formula is C10H18N2O2. The van der Waals surface area contributed by atoms with Crippen LogP contribution in [-0.4, -0.2) is 35.8 Å². The molecule has 0 bridgehead atoms. The van der Waals surface area contributed by atoms with E-state index in [4.69, 9.17) is 0 Å². The first-order chi connectivity index (χ1) is 6.69. The number of carbonyl (C=O) groups excluding carboxylic acids is 1. The van der Waals surface area contributed by atoms with Crippen molar-refractivity contribution in [3.63, 3.8) is 0 Å².